The molecular weight excluding hydrogens is 435 g/mol. The molecule has 2 aromatic rings. The molecular formula is C17H9Cl3N2O2S2. The molecule has 0 spiro atoms. The van der Waals surface area contributed by atoms with Crippen LogP contribution < -0.4 is 5.43 Å². The first-order chi connectivity index (χ1) is 12.3. The topological polar surface area (TPSA) is 49.4 Å². The van der Waals surface area contributed by atoms with Crippen molar-refractivity contribution < 1.29 is 9.59 Å². The summed E-state index contributed by atoms with van der Waals surface area (Å²) in [6.45, 7) is 0. The Bertz CT molecular complexity index is 946. The first-order valence-corrected chi connectivity index (χ1v) is 9.50. The van der Waals surface area contributed by atoms with Gasteiger partial charge in [-0.25, -0.2) is 0 Å². The minimum Gasteiger partial charge on any atom is -0.267 e. The molecule has 9 heteroatoms. The molecule has 1 aliphatic rings. The lowest BCUT2D eigenvalue weighted by molar-refractivity contribution is -0.123. The number of carbonyl (C=O) groups excluding carboxylic acids is 2. The van der Waals surface area contributed by atoms with Crippen LogP contribution in [-0.4, -0.2) is 21.1 Å². The van der Waals surface area contributed by atoms with Crippen LogP contribution >= 0.6 is 58.8 Å². The van der Waals surface area contributed by atoms with Crippen molar-refractivity contribution in [3.63, 3.8) is 0 Å². The van der Waals surface area contributed by atoms with Gasteiger partial charge < -0.3 is 0 Å². The summed E-state index contributed by atoms with van der Waals surface area (Å²) in [5.41, 5.74) is 3.48. The van der Waals surface area contributed by atoms with Gasteiger partial charge in [0, 0.05) is 20.6 Å². The predicted octanol–water partition coefficient (Wildman–Crippen LogP) is 5.19. The van der Waals surface area contributed by atoms with Crippen LogP contribution in [0.1, 0.15) is 15.9 Å². The monoisotopic (exact) mass is 442 g/mol. The Balaban J connectivity index is 1.79. The molecule has 0 saturated carbocycles. The minimum absolute atomic E-state index is 0.216. The van der Waals surface area contributed by atoms with Crippen LogP contribution in [0, 0.1) is 0 Å². The zero-order valence-corrected chi connectivity index (χ0v) is 16.7. The highest BCUT2D eigenvalue weighted by atomic mass is 35.5. The van der Waals surface area contributed by atoms with Gasteiger partial charge in [-0.15, -0.1) is 0 Å². The van der Waals surface area contributed by atoms with Gasteiger partial charge in [0.25, 0.3) is 11.8 Å². The Morgan fingerprint density at radius 2 is 1.73 bits per heavy atom. The van der Waals surface area contributed by atoms with Crippen molar-refractivity contribution in [1.29, 1.82) is 0 Å². The summed E-state index contributed by atoms with van der Waals surface area (Å²) in [7, 11) is 0. The van der Waals surface area contributed by atoms with E-state index in [1.165, 1.54) is 0 Å². The average Bonchev–Trinajstić information content (AvgIpc) is 2.85. The van der Waals surface area contributed by atoms with Gasteiger partial charge in [0.1, 0.15) is 0 Å². The van der Waals surface area contributed by atoms with E-state index in [4.69, 9.17) is 47.0 Å². The summed E-state index contributed by atoms with van der Waals surface area (Å²) in [4.78, 5) is 25.2. The normalized spacial score (nSPS) is 15.7. The van der Waals surface area contributed by atoms with E-state index in [-0.39, 0.29) is 4.32 Å². The maximum absolute atomic E-state index is 12.6. The van der Waals surface area contributed by atoms with Gasteiger partial charge in [-0.1, -0.05) is 52.6 Å². The molecule has 0 aromatic heterocycles. The third-order valence-corrected chi connectivity index (χ3v) is 5.48. The Labute approximate surface area is 174 Å². The molecule has 1 fully saturated rings. The SMILES string of the molecule is O=C(NN1C(=O)/C(=C\c2ccc(Cl)cc2Cl)SC1=S)c1ccc(Cl)cc1. The van der Waals surface area contributed by atoms with Gasteiger partial charge in [-0.05, 0) is 60.3 Å². The molecule has 0 atom stereocenters. The number of amides is 2. The predicted molar refractivity (Wildman–Crippen MR) is 110 cm³/mol. The number of thioether (sulfide) groups is 1. The number of hydrazine groups is 1. The van der Waals surface area contributed by atoms with Gasteiger partial charge >= 0.3 is 0 Å². The van der Waals surface area contributed by atoms with Crippen molar-refractivity contribution >= 4 is 81.0 Å². The highest BCUT2D eigenvalue weighted by Crippen LogP contribution is 2.33. The van der Waals surface area contributed by atoms with E-state index in [2.05, 4.69) is 5.43 Å². The minimum atomic E-state index is -0.469. The number of benzene rings is 2. The fourth-order valence-corrected chi connectivity index (χ4v) is 3.85. The van der Waals surface area contributed by atoms with E-state index in [9.17, 15) is 9.59 Å². The lowest BCUT2D eigenvalue weighted by Gasteiger charge is -2.15. The van der Waals surface area contributed by atoms with Crippen LogP contribution in [0.15, 0.2) is 47.4 Å². The van der Waals surface area contributed by atoms with Gasteiger partial charge in [0.15, 0.2) is 4.32 Å². The number of thiocarbonyl (C=S) groups is 1. The molecule has 4 nitrogen and oxygen atoms in total. The van der Waals surface area contributed by atoms with Crippen LogP contribution in [0.5, 0.6) is 0 Å². The quantitative estimate of drug-likeness (QED) is 0.524. The maximum Gasteiger partial charge on any atom is 0.285 e. The van der Waals surface area contributed by atoms with Crippen LogP contribution in [-0.2, 0) is 4.79 Å². The number of carbonyl (C=O) groups is 2. The van der Waals surface area contributed by atoms with Crippen molar-refractivity contribution in [2.45, 2.75) is 0 Å². The molecule has 0 bridgehead atoms. The summed E-state index contributed by atoms with van der Waals surface area (Å²) in [5, 5.41) is 2.45. The first-order valence-electron chi connectivity index (χ1n) is 7.15. The van der Waals surface area contributed by atoms with E-state index in [0.29, 0.717) is 31.1 Å². The molecule has 26 heavy (non-hydrogen) atoms. The molecule has 1 saturated heterocycles. The number of halogens is 3. The summed E-state index contributed by atoms with van der Waals surface area (Å²) in [5.74, 6) is -0.905. The van der Waals surface area contributed by atoms with Gasteiger partial charge in [-0.3, -0.25) is 15.0 Å². The zero-order chi connectivity index (χ0) is 18.8. The van der Waals surface area contributed by atoms with E-state index >= 15 is 0 Å². The van der Waals surface area contributed by atoms with Gasteiger partial charge in [0.2, 0.25) is 0 Å². The van der Waals surface area contributed by atoms with Gasteiger partial charge in [-0.2, -0.15) is 5.01 Å². The lowest BCUT2D eigenvalue weighted by atomic mass is 10.2. The van der Waals surface area contributed by atoms with E-state index in [0.717, 1.165) is 16.8 Å². The van der Waals surface area contributed by atoms with E-state index in [1.54, 1.807) is 48.5 Å². The molecule has 0 aliphatic carbocycles. The third-order valence-electron chi connectivity index (χ3n) is 3.36. The number of hydrogen-bond acceptors (Lipinski definition) is 4. The molecule has 3 rings (SSSR count). The largest absolute Gasteiger partial charge is 0.285 e. The molecule has 0 radical (unpaired) electrons. The number of rotatable bonds is 3. The van der Waals surface area contributed by atoms with Crippen LogP contribution in [0.3, 0.4) is 0 Å². The van der Waals surface area contributed by atoms with E-state index < -0.39 is 11.8 Å². The number of nitrogens with zero attached hydrogens (tertiary/aromatic N) is 1. The zero-order valence-electron chi connectivity index (χ0n) is 12.8. The summed E-state index contributed by atoms with van der Waals surface area (Å²) < 4.78 is 0.216. The molecule has 1 aliphatic heterocycles. The van der Waals surface area contributed by atoms with E-state index in [1.807, 2.05) is 0 Å². The van der Waals surface area contributed by atoms with Crippen molar-refractivity contribution in [3.05, 3.63) is 73.6 Å². The van der Waals surface area contributed by atoms with Crippen LogP contribution in [0.4, 0.5) is 0 Å². The molecule has 132 valence electrons. The maximum atomic E-state index is 12.6. The highest BCUT2D eigenvalue weighted by Gasteiger charge is 2.33. The highest BCUT2D eigenvalue weighted by molar-refractivity contribution is 8.26. The summed E-state index contributed by atoms with van der Waals surface area (Å²) in [6, 6.07) is 11.2. The van der Waals surface area contributed by atoms with Crippen molar-refractivity contribution in [2.75, 3.05) is 0 Å². The number of nitrogens with one attached hydrogen (secondary N) is 1. The molecule has 2 aromatic carbocycles. The fourth-order valence-electron chi connectivity index (χ4n) is 2.09. The Morgan fingerprint density at radius 1 is 1.08 bits per heavy atom. The number of hydrogen-bond donors (Lipinski definition) is 1. The summed E-state index contributed by atoms with van der Waals surface area (Å²) in [6.07, 6.45) is 1.60. The second-order valence-electron chi connectivity index (χ2n) is 5.13. The van der Waals surface area contributed by atoms with Gasteiger partial charge in [0.05, 0.1) is 4.91 Å². The second-order valence-corrected chi connectivity index (χ2v) is 8.09. The third kappa shape index (κ3) is 4.22. The van der Waals surface area contributed by atoms with Crippen molar-refractivity contribution in [1.82, 2.24) is 10.4 Å². The Hall–Kier alpha value is -1.57. The molecule has 1 heterocycles. The molecule has 0 unspecified atom stereocenters. The molecule has 2 amide bonds. The first kappa shape index (κ1) is 19.2. The standard InChI is InChI=1S/C17H9Cl3N2O2S2/c18-11-4-1-9(2-5-11)15(23)21-22-16(24)14(26-17(22)25)7-10-3-6-12(19)8-13(10)20/h1-8H,(H,21,23)/b14-7+. The smallest absolute Gasteiger partial charge is 0.267 e. The summed E-state index contributed by atoms with van der Waals surface area (Å²) >= 11 is 24.1. The van der Waals surface area contributed by atoms with Crippen molar-refractivity contribution in [2.24, 2.45) is 0 Å². The lowest BCUT2D eigenvalue weighted by Crippen LogP contribution is -2.44. The Morgan fingerprint density at radius 3 is 2.38 bits per heavy atom. The van der Waals surface area contributed by atoms with Crippen LogP contribution in [0.2, 0.25) is 15.1 Å². The van der Waals surface area contributed by atoms with Crippen molar-refractivity contribution in [3.8, 4) is 0 Å². The fraction of sp³-hybridized carbons (Fsp3) is 0. The second kappa shape index (κ2) is 7.98. The molecule has 1 N–H and O–H groups in total. The average molecular weight is 444 g/mol. The van der Waals surface area contributed by atoms with Crippen LogP contribution in [0.25, 0.3) is 6.08 Å². The Kier molecular flexibility index (Phi) is 5.89.